The van der Waals surface area contributed by atoms with Gasteiger partial charge in [0.25, 0.3) is 0 Å². The molecule has 2 aromatic rings. The smallest absolute Gasteiger partial charge is 0.154 e. The fourth-order valence-electron chi connectivity index (χ4n) is 2.90. The van der Waals surface area contributed by atoms with E-state index >= 15 is 0 Å². The maximum absolute atomic E-state index is 12.1. The molecule has 0 aliphatic carbocycles. The number of fused-ring (bicyclic) bond motifs is 1. The molecule has 1 atom stereocenters. The molecule has 1 aliphatic heterocycles. The third-order valence-corrected chi connectivity index (χ3v) is 6.64. The van der Waals surface area contributed by atoms with Crippen LogP contribution < -0.4 is 0 Å². The van der Waals surface area contributed by atoms with E-state index in [1.165, 1.54) is 0 Å². The molecular formula is C14H16Cl2N2O2S. The van der Waals surface area contributed by atoms with Crippen LogP contribution in [0.4, 0.5) is 0 Å². The zero-order valence-corrected chi connectivity index (χ0v) is 13.8. The van der Waals surface area contributed by atoms with E-state index in [2.05, 4.69) is 4.98 Å². The average Bonchev–Trinajstić information content (AvgIpc) is 2.91. The van der Waals surface area contributed by atoms with Crippen LogP contribution in [0.1, 0.15) is 18.7 Å². The molecule has 0 N–H and O–H groups in total. The van der Waals surface area contributed by atoms with Gasteiger partial charge in [-0.1, -0.05) is 11.6 Å². The summed E-state index contributed by atoms with van der Waals surface area (Å²) in [5.41, 5.74) is 1.71. The predicted octanol–water partition coefficient (Wildman–Crippen LogP) is 3.05. The highest BCUT2D eigenvalue weighted by Gasteiger charge is 2.32. The Balaban J connectivity index is 2.05. The molecule has 1 saturated heterocycles. The maximum Gasteiger partial charge on any atom is 0.154 e. The number of hydrogen-bond acceptors (Lipinski definition) is 3. The molecular weight excluding hydrogens is 331 g/mol. The summed E-state index contributed by atoms with van der Waals surface area (Å²) in [4.78, 5) is 4.55. The first-order valence-electron chi connectivity index (χ1n) is 6.93. The van der Waals surface area contributed by atoms with Crippen molar-refractivity contribution in [2.45, 2.75) is 31.1 Å². The van der Waals surface area contributed by atoms with E-state index in [0.29, 0.717) is 29.6 Å². The number of alkyl halides is 1. The Bertz CT molecular complexity index is 771. The minimum Gasteiger partial charge on any atom is -0.327 e. The van der Waals surface area contributed by atoms with Gasteiger partial charge in [0, 0.05) is 23.9 Å². The van der Waals surface area contributed by atoms with E-state index in [1.807, 2.05) is 10.6 Å². The first-order valence-corrected chi connectivity index (χ1v) is 9.56. The van der Waals surface area contributed by atoms with Gasteiger partial charge >= 0.3 is 0 Å². The summed E-state index contributed by atoms with van der Waals surface area (Å²) in [5.74, 6) is 1.57. The van der Waals surface area contributed by atoms with Gasteiger partial charge in [-0.05, 0) is 31.0 Å². The molecule has 1 aliphatic rings. The van der Waals surface area contributed by atoms with Crippen LogP contribution in [0, 0.1) is 0 Å². The largest absolute Gasteiger partial charge is 0.327 e. The number of benzene rings is 1. The van der Waals surface area contributed by atoms with Crippen molar-refractivity contribution in [1.29, 1.82) is 0 Å². The number of halogens is 2. The second-order valence-corrected chi connectivity index (χ2v) is 8.56. The van der Waals surface area contributed by atoms with Crippen molar-refractivity contribution < 1.29 is 8.42 Å². The van der Waals surface area contributed by atoms with Crippen LogP contribution >= 0.6 is 23.2 Å². The van der Waals surface area contributed by atoms with Crippen molar-refractivity contribution in [2.24, 2.45) is 0 Å². The number of aryl methyl sites for hydroxylation is 1. The first-order chi connectivity index (χ1) is 10.0. The Morgan fingerprint density at radius 1 is 1.38 bits per heavy atom. The van der Waals surface area contributed by atoms with Gasteiger partial charge in [0.1, 0.15) is 5.82 Å². The molecule has 21 heavy (non-hydrogen) atoms. The van der Waals surface area contributed by atoms with E-state index in [4.69, 9.17) is 23.2 Å². The second kappa shape index (κ2) is 5.78. The Morgan fingerprint density at radius 2 is 2.19 bits per heavy atom. The molecule has 1 fully saturated rings. The third-order valence-electron chi connectivity index (χ3n) is 3.96. The normalized spacial score (nSPS) is 21.1. The molecule has 1 unspecified atom stereocenters. The van der Waals surface area contributed by atoms with Gasteiger partial charge in [0.15, 0.2) is 9.84 Å². The van der Waals surface area contributed by atoms with Crippen molar-refractivity contribution in [2.75, 3.05) is 11.6 Å². The molecule has 2 heterocycles. The lowest BCUT2D eigenvalue weighted by atomic mass is 10.2. The highest BCUT2D eigenvalue weighted by molar-refractivity contribution is 7.92. The van der Waals surface area contributed by atoms with Gasteiger partial charge in [-0.25, -0.2) is 13.4 Å². The average molecular weight is 347 g/mol. The van der Waals surface area contributed by atoms with Crippen molar-refractivity contribution in [1.82, 2.24) is 9.55 Å². The van der Waals surface area contributed by atoms with Crippen LogP contribution in [0.3, 0.4) is 0 Å². The molecule has 4 nitrogen and oxygen atoms in total. The summed E-state index contributed by atoms with van der Waals surface area (Å²) < 4.78 is 26.1. The molecule has 3 rings (SSSR count). The summed E-state index contributed by atoms with van der Waals surface area (Å²) in [6.45, 7) is 0.451. The number of hydrogen-bond donors (Lipinski definition) is 0. The number of rotatable bonds is 4. The molecule has 1 aromatic heterocycles. The van der Waals surface area contributed by atoms with Gasteiger partial charge in [0.05, 0.1) is 22.0 Å². The molecule has 1 aromatic carbocycles. The zero-order chi connectivity index (χ0) is 15.0. The Labute approximate surface area is 134 Å². The summed E-state index contributed by atoms with van der Waals surface area (Å²) in [6.07, 6.45) is 2.08. The van der Waals surface area contributed by atoms with E-state index in [0.717, 1.165) is 29.7 Å². The second-order valence-electron chi connectivity index (χ2n) is 5.34. The van der Waals surface area contributed by atoms with Crippen LogP contribution in [0.25, 0.3) is 11.0 Å². The van der Waals surface area contributed by atoms with Gasteiger partial charge in [-0.3, -0.25) is 0 Å². The molecule has 114 valence electrons. The van der Waals surface area contributed by atoms with Crippen molar-refractivity contribution in [3.8, 4) is 0 Å². The fourth-order valence-corrected chi connectivity index (χ4v) is 5.04. The van der Waals surface area contributed by atoms with E-state index in [1.54, 1.807) is 12.1 Å². The topological polar surface area (TPSA) is 52.0 Å². The summed E-state index contributed by atoms with van der Waals surface area (Å²) in [7, 11) is -2.98. The van der Waals surface area contributed by atoms with E-state index in [-0.39, 0.29) is 5.25 Å². The first kappa shape index (κ1) is 15.1. The number of nitrogens with zero attached hydrogens (tertiary/aromatic N) is 2. The molecule has 0 bridgehead atoms. The van der Waals surface area contributed by atoms with Crippen molar-refractivity contribution >= 4 is 44.1 Å². The summed E-state index contributed by atoms with van der Waals surface area (Å²) >= 11 is 11.8. The lowest BCUT2D eigenvalue weighted by Crippen LogP contribution is -2.23. The maximum atomic E-state index is 12.1. The minimum absolute atomic E-state index is 0.293. The van der Waals surface area contributed by atoms with Gasteiger partial charge < -0.3 is 4.57 Å². The van der Waals surface area contributed by atoms with Crippen molar-refractivity contribution in [3.63, 3.8) is 0 Å². The Hall–Kier alpha value is -0.780. The Morgan fingerprint density at radius 3 is 2.86 bits per heavy atom. The minimum atomic E-state index is -2.98. The van der Waals surface area contributed by atoms with E-state index in [9.17, 15) is 8.42 Å². The SMILES string of the molecule is O=S1(=O)CCCC1Cn1c(CCCl)nc2cc(Cl)ccc21. The van der Waals surface area contributed by atoms with Crippen molar-refractivity contribution in [3.05, 3.63) is 29.0 Å². The quantitative estimate of drug-likeness (QED) is 0.799. The molecule has 7 heteroatoms. The lowest BCUT2D eigenvalue weighted by Gasteiger charge is -2.13. The molecule has 0 radical (unpaired) electrons. The zero-order valence-electron chi connectivity index (χ0n) is 11.4. The lowest BCUT2D eigenvalue weighted by molar-refractivity contribution is 0.564. The standard InChI is InChI=1S/C14H16Cl2N2O2S/c15-6-5-14-17-12-8-10(16)3-4-13(12)18(14)9-11-2-1-7-21(11,19)20/h3-4,8,11H,1-2,5-7,9H2. The summed E-state index contributed by atoms with van der Waals surface area (Å²) in [5, 5.41) is 0.303. The van der Waals surface area contributed by atoms with Gasteiger partial charge in [0.2, 0.25) is 0 Å². The van der Waals surface area contributed by atoms with Crippen LogP contribution in [-0.2, 0) is 22.8 Å². The van der Waals surface area contributed by atoms with Crippen LogP contribution in [-0.4, -0.2) is 34.9 Å². The molecule has 0 amide bonds. The Kier molecular flexibility index (Phi) is 4.17. The number of sulfone groups is 1. The van der Waals surface area contributed by atoms with Gasteiger partial charge in [-0.2, -0.15) is 0 Å². The van der Waals surface area contributed by atoms with Gasteiger partial charge in [-0.15, -0.1) is 11.6 Å². The monoisotopic (exact) mass is 346 g/mol. The molecule has 0 saturated carbocycles. The predicted molar refractivity (Wildman–Crippen MR) is 86.0 cm³/mol. The van der Waals surface area contributed by atoms with Crippen LogP contribution in [0.5, 0.6) is 0 Å². The van der Waals surface area contributed by atoms with Crippen LogP contribution in [0.15, 0.2) is 18.2 Å². The highest BCUT2D eigenvalue weighted by atomic mass is 35.5. The number of imidazole rings is 1. The molecule has 0 spiro atoms. The summed E-state index contributed by atoms with van der Waals surface area (Å²) in [6, 6.07) is 5.49. The van der Waals surface area contributed by atoms with Crippen LogP contribution in [0.2, 0.25) is 5.02 Å². The third kappa shape index (κ3) is 2.91. The highest BCUT2D eigenvalue weighted by Crippen LogP contribution is 2.26. The van der Waals surface area contributed by atoms with E-state index < -0.39 is 9.84 Å². The fraction of sp³-hybridized carbons (Fsp3) is 0.500. The number of aromatic nitrogens is 2.